The lowest BCUT2D eigenvalue weighted by Gasteiger charge is -2.00. The van der Waals surface area contributed by atoms with Gasteiger partial charge in [0.2, 0.25) is 0 Å². The van der Waals surface area contributed by atoms with E-state index in [0.717, 1.165) is 15.1 Å². The van der Waals surface area contributed by atoms with Crippen molar-refractivity contribution in [3.8, 4) is 10.9 Å². The number of halogens is 2. The van der Waals surface area contributed by atoms with E-state index >= 15 is 0 Å². The molecule has 0 fully saturated rings. The number of ether oxygens (including phenoxy) is 1. The lowest BCUT2D eigenvalue weighted by molar-refractivity contribution is 0.479. The molecule has 1 heterocycles. The van der Waals surface area contributed by atoms with Gasteiger partial charge >= 0.3 is 0 Å². The van der Waals surface area contributed by atoms with Crippen LogP contribution in [-0.4, -0.2) is 4.98 Å². The normalized spacial score (nSPS) is 10.4. The molecule has 0 amide bonds. The fourth-order valence-corrected chi connectivity index (χ4v) is 2.37. The Morgan fingerprint density at radius 2 is 2.06 bits per heavy atom. The largest absolute Gasteiger partial charge is 0.431 e. The Balaban J connectivity index is 2.17. The molecule has 1 aromatic heterocycles. The second-order valence-electron chi connectivity index (χ2n) is 2.95. The zero-order valence-corrected chi connectivity index (χ0v) is 11.3. The molecule has 0 spiro atoms. The first-order valence-electron chi connectivity index (χ1n) is 4.47. The molecule has 0 bridgehead atoms. The topological polar surface area (TPSA) is 48.1 Å². The zero-order valence-electron chi connectivity index (χ0n) is 8.11. The van der Waals surface area contributed by atoms with Crippen molar-refractivity contribution in [3.63, 3.8) is 0 Å². The number of rotatable bonds is 3. The number of nitrogens with zero attached hydrogens (tertiary/aromatic N) is 1. The SMILES string of the molecule is NCc1sc(Oc2ccc(Br)cc2)nc1Cl. The Morgan fingerprint density at radius 3 is 2.62 bits per heavy atom. The molecule has 0 saturated heterocycles. The number of thiazole rings is 1. The number of nitrogens with two attached hydrogens (primary N) is 1. The molecule has 0 aliphatic carbocycles. The van der Waals surface area contributed by atoms with E-state index in [-0.39, 0.29) is 0 Å². The van der Waals surface area contributed by atoms with Gasteiger partial charge in [-0.3, -0.25) is 0 Å². The minimum Gasteiger partial charge on any atom is -0.431 e. The molecule has 6 heteroatoms. The maximum atomic E-state index is 5.87. The van der Waals surface area contributed by atoms with Crippen molar-refractivity contribution in [2.75, 3.05) is 0 Å². The van der Waals surface area contributed by atoms with E-state index < -0.39 is 0 Å². The third-order valence-electron chi connectivity index (χ3n) is 1.83. The van der Waals surface area contributed by atoms with E-state index in [1.165, 1.54) is 11.3 Å². The maximum Gasteiger partial charge on any atom is 0.280 e. The van der Waals surface area contributed by atoms with Gasteiger partial charge in [0.15, 0.2) is 0 Å². The van der Waals surface area contributed by atoms with Crippen LogP contribution in [0, 0.1) is 0 Å². The Morgan fingerprint density at radius 1 is 1.38 bits per heavy atom. The first-order valence-corrected chi connectivity index (χ1v) is 6.46. The van der Waals surface area contributed by atoms with Crippen LogP contribution in [0.4, 0.5) is 0 Å². The lowest BCUT2D eigenvalue weighted by Crippen LogP contribution is -1.92. The second kappa shape index (κ2) is 5.14. The van der Waals surface area contributed by atoms with Crippen LogP contribution < -0.4 is 10.5 Å². The summed E-state index contributed by atoms with van der Waals surface area (Å²) in [6.07, 6.45) is 0. The number of aromatic nitrogens is 1. The van der Waals surface area contributed by atoms with Gasteiger partial charge in [-0.25, -0.2) is 0 Å². The van der Waals surface area contributed by atoms with Crippen LogP contribution in [0.3, 0.4) is 0 Å². The third kappa shape index (κ3) is 2.74. The van der Waals surface area contributed by atoms with Gasteiger partial charge < -0.3 is 10.5 Å². The minimum atomic E-state index is 0.375. The van der Waals surface area contributed by atoms with Crippen molar-refractivity contribution in [1.29, 1.82) is 0 Å². The number of hydrogen-bond donors (Lipinski definition) is 1. The highest BCUT2D eigenvalue weighted by atomic mass is 79.9. The summed E-state index contributed by atoms with van der Waals surface area (Å²) in [5, 5.41) is 0.924. The van der Waals surface area contributed by atoms with Crippen LogP contribution in [0.5, 0.6) is 10.9 Å². The predicted octanol–water partition coefficient (Wildman–Crippen LogP) is 3.81. The van der Waals surface area contributed by atoms with Gasteiger partial charge in [-0.05, 0) is 24.3 Å². The molecule has 2 rings (SSSR count). The summed E-state index contributed by atoms with van der Waals surface area (Å²) in [4.78, 5) is 4.90. The molecule has 0 atom stereocenters. The molecule has 0 radical (unpaired) electrons. The molecule has 1 aromatic carbocycles. The molecule has 3 nitrogen and oxygen atoms in total. The van der Waals surface area contributed by atoms with E-state index in [0.29, 0.717) is 16.9 Å². The molecule has 0 aliphatic rings. The quantitative estimate of drug-likeness (QED) is 0.936. The van der Waals surface area contributed by atoms with Crippen molar-refractivity contribution >= 4 is 38.9 Å². The van der Waals surface area contributed by atoms with E-state index in [4.69, 9.17) is 22.1 Å². The monoisotopic (exact) mass is 318 g/mol. The summed E-state index contributed by atoms with van der Waals surface area (Å²) in [6.45, 7) is 0.375. The first-order chi connectivity index (χ1) is 7.69. The van der Waals surface area contributed by atoms with Gasteiger partial charge in [-0.2, -0.15) is 4.98 Å². The summed E-state index contributed by atoms with van der Waals surface area (Å²) in [7, 11) is 0. The summed E-state index contributed by atoms with van der Waals surface area (Å²) in [5.74, 6) is 0.720. The average molecular weight is 320 g/mol. The molecule has 0 unspecified atom stereocenters. The lowest BCUT2D eigenvalue weighted by atomic mass is 10.3. The van der Waals surface area contributed by atoms with E-state index in [2.05, 4.69) is 20.9 Å². The maximum absolute atomic E-state index is 5.87. The molecular formula is C10H8BrClN2OS. The molecule has 84 valence electrons. The number of hydrogen-bond acceptors (Lipinski definition) is 4. The van der Waals surface area contributed by atoms with Crippen LogP contribution >= 0.6 is 38.9 Å². The molecular weight excluding hydrogens is 312 g/mol. The minimum absolute atomic E-state index is 0.375. The fraction of sp³-hybridized carbons (Fsp3) is 0.100. The third-order valence-corrected chi connectivity index (χ3v) is 3.74. The van der Waals surface area contributed by atoms with Crippen molar-refractivity contribution in [3.05, 3.63) is 38.8 Å². The zero-order chi connectivity index (χ0) is 11.5. The second-order valence-corrected chi connectivity index (χ2v) is 5.27. The standard InChI is InChI=1S/C10H8BrClN2OS/c11-6-1-3-7(4-2-6)15-10-14-9(12)8(5-13)16-10/h1-4H,5,13H2. The fourth-order valence-electron chi connectivity index (χ4n) is 1.09. The summed E-state index contributed by atoms with van der Waals surface area (Å²) in [5.41, 5.74) is 5.50. The van der Waals surface area contributed by atoms with Crippen LogP contribution in [0.25, 0.3) is 0 Å². The van der Waals surface area contributed by atoms with Gasteiger partial charge in [-0.15, -0.1) is 0 Å². The Kier molecular flexibility index (Phi) is 3.81. The summed E-state index contributed by atoms with van der Waals surface area (Å²) < 4.78 is 6.54. The van der Waals surface area contributed by atoms with Crippen molar-refractivity contribution in [2.45, 2.75) is 6.54 Å². The average Bonchev–Trinajstić information content (AvgIpc) is 2.62. The summed E-state index contributed by atoms with van der Waals surface area (Å²) in [6, 6.07) is 7.49. The van der Waals surface area contributed by atoms with Gasteiger partial charge in [-0.1, -0.05) is 38.9 Å². The molecule has 2 aromatic rings. The smallest absolute Gasteiger partial charge is 0.280 e. The van der Waals surface area contributed by atoms with E-state index in [1.54, 1.807) is 0 Å². The molecule has 0 saturated carbocycles. The summed E-state index contributed by atoms with van der Waals surface area (Å²) >= 11 is 10.6. The Labute approximate surface area is 110 Å². The number of benzene rings is 1. The van der Waals surface area contributed by atoms with Gasteiger partial charge in [0.1, 0.15) is 10.9 Å². The highest BCUT2D eigenvalue weighted by Crippen LogP contribution is 2.31. The van der Waals surface area contributed by atoms with Crippen LogP contribution in [0.15, 0.2) is 28.7 Å². The molecule has 16 heavy (non-hydrogen) atoms. The molecule has 2 N–H and O–H groups in total. The Hall–Kier alpha value is -0.620. The van der Waals surface area contributed by atoms with Crippen LogP contribution in [0.2, 0.25) is 5.15 Å². The van der Waals surface area contributed by atoms with E-state index in [9.17, 15) is 0 Å². The van der Waals surface area contributed by atoms with E-state index in [1.807, 2.05) is 24.3 Å². The van der Waals surface area contributed by atoms with Crippen LogP contribution in [0.1, 0.15) is 4.88 Å². The first kappa shape index (κ1) is 11.9. The highest BCUT2D eigenvalue weighted by Gasteiger charge is 2.09. The van der Waals surface area contributed by atoms with Crippen molar-refractivity contribution in [1.82, 2.24) is 4.98 Å². The predicted molar refractivity (Wildman–Crippen MR) is 69.2 cm³/mol. The van der Waals surface area contributed by atoms with Crippen molar-refractivity contribution < 1.29 is 4.74 Å². The van der Waals surface area contributed by atoms with Gasteiger partial charge in [0.25, 0.3) is 5.19 Å². The van der Waals surface area contributed by atoms with Crippen LogP contribution in [-0.2, 0) is 6.54 Å². The van der Waals surface area contributed by atoms with Gasteiger partial charge in [0, 0.05) is 11.0 Å². The van der Waals surface area contributed by atoms with Gasteiger partial charge in [0.05, 0.1) is 4.88 Å². The Bertz CT molecular complexity index is 486. The van der Waals surface area contributed by atoms with Crippen molar-refractivity contribution in [2.24, 2.45) is 5.73 Å². The molecule has 0 aliphatic heterocycles. The highest BCUT2D eigenvalue weighted by molar-refractivity contribution is 9.10.